The number of nitrogen functional groups attached to an aromatic ring is 1. The van der Waals surface area contributed by atoms with Crippen LogP contribution in [0.5, 0.6) is 0 Å². The van der Waals surface area contributed by atoms with Gasteiger partial charge < -0.3 is 45.2 Å². The Morgan fingerprint density at radius 3 is 1.43 bits per heavy atom. The Bertz CT molecular complexity index is 1190. The van der Waals surface area contributed by atoms with Crippen LogP contribution in [0.2, 0.25) is 6.82 Å². The zero-order chi connectivity index (χ0) is 38.5. The fourth-order valence-corrected chi connectivity index (χ4v) is 3.86. The van der Waals surface area contributed by atoms with Crippen molar-refractivity contribution in [2.75, 3.05) is 11.1 Å². The molecule has 0 amide bonds. The normalized spacial score (nSPS) is 19.9. The number of benzene rings is 2. The summed E-state index contributed by atoms with van der Waals surface area (Å²) in [7, 11) is -6.62. The summed E-state index contributed by atoms with van der Waals surface area (Å²) in [6.07, 6.45) is 11.1. The Balaban J connectivity index is -0.000000260. The fraction of sp³-hybridized carbons (Fsp3) is 0.536. The van der Waals surface area contributed by atoms with Gasteiger partial charge in [0.2, 0.25) is 0 Å². The van der Waals surface area contributed by atoms with E-state index in [1.165, 1.54) is 39.9 Å². The van der Waals surface area contributed by atoms with E-state index < -0.39 is 32.4 Å². The van der Waals surface area contributed by atoms with E-state index in [4.69, 9.17) is 34.3 Å². The van der Waals surface area contributed by atoms with Gasteiger partial charge in [-0.1, -0.05) is 68.9 Å². The number of aliphatic hydroxyl groups excluding tert-OH is 1. The number of para-hydroxylation sites is 2. The molecule has 0 spiro atoms. The van der Waals surface area contributed by atoms with Crippen LogP contribution in [-0.4, -0.2) is 49.6 Å². The molecule has 1 radical (unpaired) electrons. The zero-order valence-corrected chi connectivity index (χ0v) is 33.3. The number of alkyl halides is 6. The summed E-state index contributed by atoms with van der Waals surface area (Å²) in [6.45, 7) is 1.67. The average Bonchev–Trinajstić information content (AvgIpc) is 3.86. The van der Waals surface area contributed by atoms with Crippen molar-refractivity contribution in [1.29, 1.82) is 1.34 Å². The van der Waals surface area contributed by atoms with E-state index in [1.807, 2.05) is 60.7 Å². The minimum atomic E-state index is -5.08. The van der Waals surface area contributed by atoms with Crippen molar-refractivity contribution in [1.82, 2.24) is 0 Å². The molecule has 4 N–H and O–H groups in total. The number of rotatable bonds is 2. The van der Waals surface area contributed by atoms with Gasteiger partial charge in [-0.2, -0.15) is 26.3 Å². The molecule has 1 aliphatic heterocycles. The topological polar surface area (TPSA) is 173 Å². The first-order chi connectivity index (χ1) is 23.0. The molecule has 0 aromatic heterocycles. The number of epoxide rings is 1. The Kier molecular flexibility index (Phi) is 34.9. The molecule has 277 valence electrons. The molecule has 2 saturated carbocycles. The molecule has 2 aromatic carbocycles. The van der Waals surface area contributed by atoms with Crippen molar-refractivity contribution in [3.8, 4) is 0 Å². The quantitative estimate of drug-likeness (QED) is 0.0729. The Hall–Kier alpha value is -1.13. The van der Waals surface area contributed by atoms with E-state index in [0.29, 0.717) is 61.7 Å². The molecule has 2 aromatic rings. The number of anilines is 2. The average molecular weight is 907 g/mol. The molecule has 3 fully saturated rings. The van der Waals surface area contributed by atoms with Crippen molar-refractivity contribution in [2.24, 2.45) is 0 Å². The number of fused-ring (bicyclic) bond motifs is 1. The Morgan fingerprint density at radius 1 is 0.816 bits per heavy atom. The predicted molar refractivity (Wildman–Crippen MR) is 167 cm³/mol. The van der Waals surface area contributed by atoms with E-state index in [0.717, 1.165) is 30.6 Å². The molecule has 2 aliphatic carbocycles. The van der Waals surface area contributed by atoms with E-state index in [9.17, 15) is 31.4 Å². The first-order valence-electron chi connectivity index (χ1n) is 14.4. The van der Waals surface area contributed by atoms with Crippen LogP contribution in [-0.2, 0) is 98.1 Å². The molecule has 5 rings (SSSR count). The van der Waals surface area contributed by atoms with Crippen LogP contribution in [0.4, 0.5) is 37.7 Å². The van der Waals surface area contributed by atoms with Crippen molar-refractivity contribution in [3.05, 3.63) is 68.1 Å². The van der Waals surface area contributed by atoms with Crippen LogP contribution in [0.15, 0.2) is 60.7 Å². The molecule has 4 atom stereocenters. The number of ether oxygens (including phenoxy) is 1. The number of hydrogen-bond donors (Lipinski definition) is 3. The summed E-state index contributed by atoms with van der Waals surface area (Å²) in [5, 5.41) is 13.1. The van der Waals surface area contributed by atoms with E-state index in [1.54, 1.807) is 6.82 Å². The number of halogens is 6. The maximum atomic E-state index is 10.6. The molecule has 1 saturated heterocycles. The van der Waals surface area contributed by atoms with Crippen LogP contribution < -0.4 is 11.1 Å². The molecular formula is C28H41BF6N2O8S2Zr2-. The van der Waals surface area contributed by atoms with Crippen LogP contribution in [0, 0.1) is 7.43 Å². The van der Waals surface area contributed by atoms with Gasteiger partial charge in [0.05, 0.1) is 32.2 Å². The molecule has 1 heterocycles. The fourth-order valence-electron chi connectivity index (χ4n) is 3.86. The van der Waals surface area contributed by atoms with Crippen molar-refractivity contribution in [3.63, 3.8) is 0 Å². The predicted octanol–water partition coefficient (Wildman–Crippen LogP) is 6.77. The monoisotopic (exact) mass is 904 g/mol. The molecule has 0 unspecified atom stereocenters. The summed E-state index contributed by atoms with van der Waals surface area (Å²) in [4.78, 5) is 0. The molecule has 0 bridgehead atoms. The summed E-state index contributed by atoms with van der Waals surface area (Å²) in [5.41, 5.74) is -2.88. The van der Waals surface area contributed by atoms with Gasteiger partial charge in [0.25, 0.3) is 0 Å². The van der Waals surface area contributed by atoms with Gasteiger partial charge in [0.15, 0.2) is 0 Å². The van der Waals surface area contributed by atoms with Crippen molar-refractivity contribution < 1.29 is 108 Å². The second-order valence-electron chi connectivity index (χ2n) is 9.24. The van der Waals surface area contributed by atoms with Gasteiger partial charge in [-0.3, -0.25) is 0 Å². The summed E-state index contributed by atoms with van der Waals surface area (Å²) in [5.74, 6) is 0. The third-order valence-corrected chi connectivity index (χ3v) is 6.70. The van der Waals surface area contributed by atoms with E-state index >= 15 is 0 Å². The Morgan fingerprint density at radius 2 is 1.14 bits per heavy atom. The van der Waals surface area contributed by atoms with Crippen LogP contribution in [0.1, 0.15) is 51.4 Å². The molecular weight excluding hydrogens is 864 g/mol. The molecule has 3 aliphatic rings. The summed E-state index contributed by atoms with van der Waals surface area (Å²) < 4.78 is 127. The second kappa shape index (κ2) is 32.8. The summed E-state index contributed by atoms with van der Waals surface area (Å²) >= 11 is 0.600. The van der Waals surface area contributed by atoms with Crippen LogP contribution >= 0.6 is 0 Å². The molecule has 21 heteroatoms. The third-order valence-electron chi connectivity index (χ3n) is 5.95. The van der Waals surface area contributed by atoms with Gasteiger partial charge in [-0.25, -0.2) is 0 Å². The molecule has 49 heavy (non-hydrogen) atoms. The molecule has 10 nitrogen and oxygen atoms in total. The Labute approximate surface area is 320 Å². The van der Waals surface area contributed by atoms with Crippen molar-refractivity contribution in [2.45, 2.75) is 93.6 Å². The van der Waals surface area contributed by atoms with Crippen molar-refractivity contribution >= 4 is 40.6 Å². The van der Waals surface area contributed by atoms with Gasteiger partial charge >= 0.3 is 66.1 Å². The number of aliphatic hydroxyl groups is 1. The third kappa shape index (κ3) is 31.3. The minimum absolute atomic E-state index is 0. The maximum absolute atomic E-state index is 10.6. The number of nitrogens with two attached hydrogens (primary N) is 1. The SMILES string of the molecule is C1CC[C@H]2O[C@H]2C1.Nc1ccccc1.O=[S-](=O)C(F)(F)F.O=[S-](=O)C(F)(F)F.O[C@@H]1CCCC[C@H]1Nc1ccccc1.[3H][B]C.[CH3-].[O]=[Zr+2].[O]=[Zr]. The van der Waals surface area contributed by atoms with Crippen LogP contribution in [0.25, 0.3) is 0 Å². The number of hydrogen-bond acceptors (Lipinski definition) is 12. The second-order valence-corrected chi connectivity index (χ2v) is 11.1. The van der Waals surface area contributed by atoms with E-state index in [2.05, 4.69) is 5.32 Å². The first kappa shape index (κ1) is 52.2. The van der Waals surface area contributed by atoms with Gasteiger partial charge in [0, 0.05) is 32.8 Å². The van der Waals surface area contributed by atoms with Crippen LogP contribution in [0.3, 0.4) is 0 Å². The number of nitrogens with one attached hydrogen (secondary N) is 1. The zero-order valence-electron chi connectivity index (χ0n) is 27.8. The standard InChI is InChI=1S/C12H17NO.C6H7N.C6H10O.CH4B.2CF3O2S.CH3.2O.2Zr/c14-12-9-5-4-8-11(12)13-10-6-2-1-3-7-10;7-6-4-2-1-3-5-6;1-2-4-6-5(3-1)7-6;1-2;2*2-1(3,4)7(5)6;;;;;/h1-3,6-7,11-14H,4-5,8-9H2;1-5H,7H2;5-6H,1-4H2;2H,1H3;;;1H3;;;;/q;;;;3*-1;;;;+2/t11-,12-;;5-,6+;;;;;;;;/m1........../s1/i;;;2T;;;;;;;. The van der Waals surface area contributed by atoms with Gasteiger partial charge in [-0.15, -0.1) is 0 Å². The van der Waals surface area contributed by atoms with Gasteiger partial charge in [-0.05, 0) is 51.3 Å². The van der Waals surface area contributed by atoms with Gasteiger partial charge in [0.1, 0.15) is 0 Å². The summed E-state index contributed by atoms with van der Waals surface area (Å²) in [6, 6.07) is 19.8. The first-order valence-corrected chi connectivity index (χ1v) is 18.0. The van der Waals surface area contributed by atoms with E-state index in [-0.39, 0.29) is 19.6 Å².